The van der Waals surface area contributed by atoms with Crippen molar-refractivity contribution in [1.82, 2.24) is 9.97 Å². The fourth-order valence-corrected chi connectivity index (χ4v) is 4.58. The molecule has 1 aromatic heterocycles. The summed E-state index contributed by atoms with van der Waals surface area (Å²) in [5.74, 6) is 1.08. The highest BCUT2D eigenvalue weighted by molar-refractivity contribution is 6.35. The molecule has 0 saturated heterocycles. The lowest BCUT2D eigenvalue weighted by Crippen LogP contribution is -2.15. The van der Waals surface area contributed by atoms with Crippen LogP contribution in [0.5, 0.6) is 11.5 Å². The average molecular weight is 571 g/mol. The van der Waals surface area contributed by atoms with Crippen molar-refractivity contribution >= 4 is 62.5 Å². The third-order valence-electron chi connectivity index (χ3n) is 6.54. The largest absolute Gasteiger partial charge is 0.493 e. The van der Waals surface area contributed by atoms with Crippen LogP contribution in [-0.4, -0.2) is 56.0 Å². The van der Waals surface area contributed by atoms with Crippen molar-refractivity contribution in [1.29, 1.82) is 0 Å². The van der Waals surface area contributed by atoms with Crippen molar-refractivity contribution in [3.05, 3.63) is 89.7 Å². The minimum atomic E-state index is -0.259. The Kier molecular flexibility index (Phi) is 8.28. The first-order valence-corrected chi connectivity index (χ1v) is 13.1. The van der Waals surface area contributed by atoms with E-state index in [1.807, 2.05) is 42.3 Å². The fraction of sp³-hybridized carbons (Fsp3) is 0.161. The first-order valence-electron chi connectivity index (χ1n) is 12.7. The van der Waals surface area contributed by atoms with E-state index in [4.69, 9.17) is 25.8 Å². The standard InChI is InChI=1S/C31H27ClN4O5/c1-36(21-7-4-19(32)5-8-21)27-10-6-20(14-23(27)24-15-22(37)9-11-28(24)38)35-31-25-16-29(40-3)30(41-13-12-39-2)17-26(25)33-18-34-31/h4-11,14-18H,12-13H2,1-3H3,(H,33,34,35). The minimum Gasteiger partial charge on any atom is -0.493 e. The van der Waals surface area contributed by atoms with Crippen LogP contribution in [0.25, 0.3) is 16.5 Å². The monoisotopic (exact) mass is 570 g/mol. The molecule has 1 aliphatic rings. The van der Waals surface area contributed by atoms with Gasteiger partial charge in [0.05, 0.1) is 19.2 Å². The molecule has 0 unspecified atom stereocenters. The second kappa shape index (κ2) is 12.2. The molecule has 0 spiro atoms. The maximum absolute atomic E-state index is 12.9. The van der Waals surface area contributed by atoms with Gasteiger partial charge in [0.1, 0.15) is 18.8 Å². The number of benzene rings is 3. The molecule has 5 rings (SSSR count). The van der Waals surface area contributed by atoms with Crippen LogP contribution >= 0.6 is 11.6 Å². The maximum atomic E-state index is 12.9. The van der Waals surface area contributed by atoms with E-state index in [1.165, 1.54) is 24.6 Å². The summed E-state index contributed by atoms with van der Waals surface area (Å²) in [5, 5.41) is 4.67. The van der Waals surface area contributed by atoms with E-state index in [1.54, 1.807) is 38.5 Å². The van der Waals surface area contributed by atoms with Gasteiger partial charge in [-0.05, 0) is 66.8 Å². The molecular formula is C31H27ClN4O5. The fourth-order valence-electron chi connectivity index (χ4n) is 4.45. The number of carbonyl (C=O) groups is 2. The second-order valence-electron chi connectivity index (χ2n) is 9.13. The Bertz CT molecular complexity index is 1680. The highest BCUT2D eigenvalue weighted by atomic mass is 35.5. The first kappa shape index (κ1) is 27.8. The molecule has 0 saturated carbocycles. The Balaban J connectivity index is 1.55. The zero-order valence-corrected chi connectivity index (χ0v) is 23.4. The van der Waals surface area contributed by atoms with E-state index in [0.717, 1.165) is 11.4 Å². The first-order chi connectivity index (χ1) is 19.9. The zero-order chi connectivity index (χ0) is 28.9. The third kappa shape index (κ3) is 6.06. The Labute approximate surface area is 242 Å². The van der Waals surface area contributed by atoms with E-state index >= 15 is 0 Å². The Morgan fingerprint density at radius 1 is 0.927 bits per heavy atom. The van der Waals surface area contributed by atoms with Gasteiger partial charge < -0.3 is 24.4 Å². The average Bonchev–Trinajstić information content (AvgIpc) is 2.98. The summed E-state index contributed by atoms with van der Waals surface area (Å²) in [4.78, 5) is 36.0. The molecule has 0 aliphatic heterocycles. The summed E-state index contributed by atoms with van der Waals surface area (Å²) in [7, 11) is 5.06. The number of rotatable bonds is 10. The van der Waals surface area contributed by atoms with Crippen molar-refractivity contribution in [3.63, 3.8) is 0 Å². The van der Waals surface area contributed by atoms with Gasteiger partial charge >= 0.3 is 0 Å². The topological polar surface area (TPSA) is 103 Å². The van der Waals surface area contributed by atoms with Gasteiger partial charge in [-0.3, -0.25) is 9.59 Å². The highest BCUT2D eigenvalue weighted by Gasteiger charge is 2.21. The number of halogens is 1. The Hall–Kier alpha value is -4.73. The lowest BCUT2D eigenvalue weighted by Gasteiger charge is -2.24. The molecule has 0 amide bonds. The smallest absolute Gasteiger partial charge is 0.186 e. The van der Waals surface area contributed by atoms with Gasteiger partial charge in [-0.15, -0.1) is 0 Å². The summed E-state index contributed by atoms with van der Waals surface area (Å²) in [6.45, 7) is 0.796. The summed E-state index contributed by atoms with van der Waals surface area (Å²) in [6, 6.07) is 16.5. The molecule has 1 heterocycles. The maximum Gasteiger partial charge on any atom is 0.186 e. The van der Waals surface area contributed by atoms with Crippen LogP contribution in [0.1, 0.15) is 5.56 Å². The van der Waals surface area contributed by atoms with E-state index in [9.17, 15) is 9.59 Å². The second-order valence-corrected chi connectivity index (χ2v) is 9.57. The Morgan fingerprint density at radius 3 is 2.49 bits per heavy atom. The SMILES string of the molecule is COCCOc1cc2ncnc(Nc3ccc(N(C)c4ccc(Cl)cc4)c(C4=CC(=O)C=CC4=O)c3)c2cc1OC. The summed E-state index contributed by atoms with van der Waals surface area (Å²) >= 11 is 6.09. The van der Waals surface area contributed by atoms with Crippen LogP contribution in [0.4, 0.5) is 22.9 Å². The van der Waals surface area contributed by atoms with Crippen LogP contribution in [0.2, 0.25) is 5.02 Å². The summed E-state index contributed by atoms with van der Waals surface area (Å²) in [6.07, 6.45) is 5.37. The molecule has 1 aliphatic carbocycles. The number of anilines is 4. The van der Waals surface area contributed by atoms with Gasteiger partial charge in [-0.1, -0.05) is 11.6 Å². The van der Waals surface area contributed by atoms with Gasteiger partial charge in [-0.2, -0.15) is 0 Å². The van der Waals surface area contributed by atoms with Crippen molar-refractivity contribution in [2.45, 2.75) is 0 Å². The van der Waals surface area contributed by atoms with E-state index < -0.39 is 0 Å². The Morgan fingerprint density at radius 2 is 1.73 bits per heavy atom. The van der Waals surface area contributed by atoms with Crippen molar-refractivity contribution in [3.8, 4) is 11.5 Å². The van der Waals surface area contributed by atoms with Crippen LogP contribution < -0.4 is 19.7 Å². The molecule has 41 heavy (non-hydrogen) atoms. The molecular weight excluding hydrogens is 544 g/mol. The van der Waals surface area contributed by atoms with Crippen LogP contribution in [0.15, 0.2) is 79.2 Å². The molecule has 0 atom stereocenters. The lowest BCUT2D eigenvalue weighted by molar-refractivity contribution is -0.113. The number of nitrogens with zero attached hydrogens (tertiary/aromatic N) is 3. The van der Waals surface area contributed by atoms with Crippen LogP contribution in [0.3, 0.4) is 0 Å². The van der Waals surface area contributed by atoms with Gasteiger partial charge in [0, 0.05) is 58.8 Å². The van der Waals surface area contributed by atoms with Gasteiger partial charge in [0.2, 0.25) is 0 Å². The molecule has 0 fully saturated rings. The zero-order valence-electron chi connectivity index (χ0n) is 22.7. The number of hydrogen-bond acceptors (Lipinski definition) is 9. The molecule has 1 N–H and O–H groups in total. The minimum absolute atomic E-state index is 0.254. The number of hydrogen-bond donors (Lipinski definition) is 1. The van der Waals surface area contributed by atoms with Crippen LogP contribution in [0, 0.1) is 0 Å². The number of aromatic nitrogens is 2. The van der Waals surface area contributed by atoms with Gasteiger partial charge in [0.15, 0.2) is 23.1 Å². The molecule has 0 bridgehead atoms. The normalized spacial score (nSPS) is 12.8. The predicted molar refractivity (Wildman–Crippen MR) is 160 cm³/mol. The predicted octanol–water partition coefficient (Wildman–Crippen LogP) is 5.92. The third-order valence-corrected chi connectivity index (χ3v) is 6.79. The molecule has 208 valence electrons. The number of fused-ring (bicyclic) bond motifs is 1. The van der Waals surface area contributed by atoms with Crippen molar-refractivity contribution in [2.24, 2.45) is 0 Å². The molecule has 4 aromatic rings. The van der Waals surface area contributed by atoms with Gasteiger partial charge in [-0.25, -0.2) is 9.97 Å². The highest BCUT2D eigenvalue weighted by Crippen LogP contribution is 2.38. The van der Waals surface area contributed by atoms with E-state index in [-0.39, 0.29) is 11.6 Å². The van der Waals surface area contributed by atoms with Crippen molar-refractivity contribution in [2.75, 3.05) is 44.7 Å². The van der Waals surface area contributed by atoms with E-state index in [0.29, 0.717) is 63.3 Å². The lowest BCUT2D eigenvalue weighted by atomic mass is 9.94. The quantitative estimate of drug-likeness (QED) is 0.184. The number of ketones is 2. The number of methoxy groups -OCH3 is 2. The summed E-state index contributed by atoms with van der Waals surface area (Å²) in [5.41, 5.74) is 3.77. The summed E-state index contributed by atoms with van der Waals surface area (Å²) < 4.78 is 16.4. The molecule has 0 radical (unpaired) electrons. The molecule has 10 heteroatoms. The number of nitrogens with one attached hydrogen (secondary N) is 1. The number of ether oxygens (including phenoxy) is 3. The number of carbonyl (C=O) groups excluding carboxylic acids is 2. The van der Waals surface area contributed by atoms with Crippen molar-refractivity contribution < 1.29 is 23.8 Å². The van der Waals surface area contributed by atoms with Crippen LogP contribution in [-0.2, 0) is 14.3 Å². The number of allylic oxidation sites excluding steroid dienone is 4. The molecule has 9 nitrogen and oxygen atoms in total. The van der Waals surface area contributed by atoms with E-state index in [2.05, 4.69) is 15.3 Å². The van der Waals surface area contributed by atoms with Gasteiger partial charge in [0.25, 0.3) is 0 Å². The molecule has 3 aromatic carbocycles.